The Balaban J connectivity index is 2.45. The van der Waals surface area contributed by atoms with Gasteiger partial charge < -0.3 is 4.57 Å². The molecule has 0 bridgehead atoms. The number of sulfone groups is 1. The standard InChI is InChI=1S/C10H18N2O2S/c1-3-10-11-6-8-12(10)7-5-9-15(13,14)4-2/h6,8H,3-5,7,9H2,1-2H3. The summed E-state index contributed by atoms with van der Waals surface area (Å²) in [5.74, 6) is 1.52. The number of aromatic nitrogens is 2. The molecule has 1 aromatic heterocycles. The van der Waals surface area contributed by atoms with E-state index in [2.05, 4.69) is 4.98 Å². The summed E-state index contributed by atoms with van der Waals surface area (Å²) in [6, 6.07) is 0. The lowest BCUT2D eigenvalue weighted by molar-refractivity contribution is 0.584. The van der Waals surface area contributed by atoms with Crippen LogP contribution >= 0.6 is 0 Å². The van der Waals surface area contributed by atoms with Crippen molar-refractivity contribution >= 4 is 9.84 Å². The molecule has 0 aliphatic carbocycles. The summed E-state index contributed by atoms with van der Waals surface area (Å²) >= 11 is 0. The summed E-state index contributed by atoms with van der Waals surface area (Å²) in [6.45, 7) is 4.47. The van der Waals surface area contributed by atoms with Crippen LogP contribution in [-0.4, -0.2) is 29.5 Å². The van der Waals surface area contributed by atoms with Gasteiger partial charge in [0.25, 0.3) is 0 Å². The van der Waals surface area contributed by atoms with Gasteiger partial charge in [0.05, 0.1) is 5.75 Å². The average molecular weight is 230 g/mol. The third-order valence-corrected chi connectivity index (χ3v) is 4.20. The first-order chi connectivity index (χ1) is 7.09. The van der Waals surface area contributed by atoms with Gasteiger partial charge in [-0.2, -0.15) is 0 Å². The Labute approximate surface area is 91.3 Å². The number of hydrogen-bond acceptors (Lipinski definition) is 3. The van der Waals surface area contributed by atoms with Crippen molar-refractivity contribution in [2.75, 3.05) is 11.5 Å². The normalized spacial score (nSPS) is 11.9. The third kappa shape index (κ3) is 3.66. The first-order valence-electron chi connectivity index (χ1n) is 5.29. The molecular weight excluding hydrogens is 212 g/mol. The molecule has 0 fully saturated rings. The van der Waals surface area contributed by atoms with Crippen molar-refractivity contribution in [1.29, 1.82) is 0 Å². The van der Waals surface area contributed by atoms with Gasteiger partial charge in [-0.3, -0.25) is 0 Å². The van der Waals surface area contributed by atoms with E-state index in [9.17, 15) is 8.42 Å². The molecule has 0 amide bonds. The predicted molar refractivity (Wildman–Crippen MR) is 60.5 cm³/mol. The minimum absolute atomic E-state index is 0.234. The maximum absolute atomic E-state index is 11.3. The molecule has 1 rings (SSSR count). The van der Waals surface area contributed by atoms with Crippen LogP contribution in [0.1, 0.15) is 26.1 Å². The van der Waals surface area contributed by atoms with Crippen molar-refractivity contribution in [3.63, 3.8) is 0 Å². The van der Waals surface area contributed by atoms with Crippen LogP contribution < -0.4 is 0 Å². The van der Waals surface area contributed by atoms with Crippen molar-refractivity contribution in [3.8, 4) is 0 Å². The zero-order valence-corrected chi connectivity index (χ0v) is 10.1. The lowest BCUT2D eigenvalue weighted by Crippen LogP contribution is -2.12. The van der Waals surface area contributed by atoms with Crippen LogP contribution in [0.15, 0.2) is 12.4 Å². The Kier molecular flexibility index (Phi) is 4.32. The number of nitrogens with zero attached hydrogens (tertiary/aromatic N) is 2. The first-order valence-corrected chi connectivity index (χ1v) is 7.11. The van der Waals surface area contributed by atoms with Gasteiger partial charge in [-0.05, 0) is 6.42 Å². The van der Waals surface area contributed by atoms with E-state index < -0.39 is 9.84 Å². The zero-order valence-electron chi connectivity index (χ0n) is 9.31. The Morgan fingerprint density at radius 2 is 2.13 bits per heavy atom. The summed E-state index contributed by atoms with van der Waals surface area (Å²) in [4.78, 5) is 4.18. The van der Waals surface area contributed by atoms with E-state index >= 15 is 0 Å². The Bertz CT molecular complexity index is 395. The number of rotatable bonds is 6. The highest BCUT2D eigenvalue weighted by atomic mass is 32.2. The molecule has 0 saturated carbocycles. The molecular formula is C10H18N2O2S. The SMILES string of the molecule is CCc1nccn1CCCS(=O)(=O)CC. The second kappa shape index (κ2) is 5.30. The van der Waals surface area contributed by atoms with E-state index in [1.165, 1.54) is 0 Å². The molecule has 0 saturated heterocycles. The van der Waals surface area contributed by atoms with Gasteiger partial charge in [-0.15, -0.1) is 0 Å². The molecule has 0 aliphatic rings. The molecule has 5 heteroatoms. The summed E-state index contributed by atoms with van der Waals surface area (Å²) in [6.07, 6.45) is 5.21. The lowest BCUT2D eigenvalue weighted by atomic mass is 10.4. The molecule has 0 spiro atoms. The zero-order chi connectivity index (χ0) is 11.3. The molecule has 0 unspecified atom stereocenters. The molecule has 0 aromatic carbocycles. The van der Waals surface area contributed by atoms with Gasteiger partial charge in [0.2, 0.25) is 0 Å². The van der Waals surface area contributed by atoms with E-state index in [1.54, 1.807) is 13.1 Å². The third-order valence-electron chi connectivity index (χ3n) is 2.41. The van der Waals surface area contributed by atoms with E-state index in [0.29, 0.717) is 6.42 Å². The van der Waals surface area contributed by atoms with Crippen LogP contribution in [-0.2, 0) is 22.8 Å². The first kappa shape index (κ1) is 12.2. The highest BCUT2D eigenvalue weighted by Crippen LogP contribution is 2.02. The van der Waals surface area contributed by atoms with Crippen LogP contribution in [0.2, 0.25) is 0 Å². The van der Waals surface area contributed by atoms with Crippen LogP contribution in [0.5, 0.6) is 0 Å². The molecule has 15 heavy (non-hydrogen) atoms. The Morgan fingerprint density at radius 1 is 1.40 bits per heavy atom. The van der Waals surface area contributed by atoms with Gasteiger partial charge >= 0.3 is 0 Å². The van der Waals surface area contributed by atoms with Crippen LogP contribution in [0, 0.1) is 0 Å². The quantitative estimate of drug-likeness (QED) is 0.739. The minimum atomic E-state index is -2.83. The predicted octanol–water partition coefficient (Wildman–Crippen LogP) is 1.27. The highest BCUT2D eigenvalue weighted by Gasteiger charge is 2.07. The molecule has 0 radical (unpaired) electrons. The second-order valence-corrected chi connectivity index (χ2v) is 5.95. The summed E-state index contributed by atoms with van der Waals surface area (Å²) in [5.41, 5.74) is 0. The summed E-state index contributed by atoms with van der Waals surface area (Å²) in [7, 11) is -2.83. The van der Waals surface area contributed by atoms with Gasteiger partial charge in [0, 0.05) is 31.1 Å². The topological polar surface area (TPSA) is 52.0 Å². The molecule has 0 N–H and O–H groups in total. The number of hydrogen-bond donors (Lipinski definition) is 0. The number of aryl methyl sites for hydroxylation is 2. The Morgan fingerprint density at radius 3 is 2.73 bits per heavy atom. The van der Waals surface area contributed by atoms with Crippen LogP contribution in [0.25, 0.3) is 0 Å². The molecule has 1 heterocycles. The lowest BCUT2D eigenvalue weighted by Gasteiger charge is -2.06. The maximum atomic E-state index is 11.3. The molecule has 1 aromatic rings. The Hall–Kier alpha value is -0.840. The smallest absolute Gasteiger partial charge is 0.150 e. The van der Waals surface area contributed by atoms with Crippen molar-refractivity contribution in [2.45, 2.75) is 33.2 Å². The van der Waals surface area contributed by atoms with Crippen molar-refractivity contribution in [3.05, 3.63) is 18.2 Å². The van der Waals surface area contributed by atoms with Crippen molar-refractivity contribution in [1.82, 2.24) is 9.55 Å². The van der Waals surface area contributed by atoms with Gasteiger partial charge in [-0.1, -0.05) is 13.8 Å². The van der Waals surface area contributed by atoms with Crippen molar-refractivity contribution in [2.24, 2.45) is 0 Å². The largest absolute Gasteiger partial charge is 0.335 e. The molecule has 86 valence electrons. The van der Waals surface area contributed by atoms with E-state index in [1.807, 2.05) is 17.7 Å². The van der Waals surface area contributed by atoms with E-state index in [0.717, 1.165) is 18.8 Å². The van der Waals surface area contributed by atoms with Crippen LogP contribution in [0.3, 0.4) is 0 Å². The summed E-state index contributed by atoms with van der Waals surface area (Å²) in [5, 5.41) is 0. The minimum Gasteiger partial charge on any atom is -0.335 e. The fraction of sp³-hybridized carbons (Fsp3) is 0.700. The van der Waals surface area contributed by atoms with Gasteiger partial charge in [0.1, 0.15) is 15.7 Å². The van der Waals surface area contributed by atoms with Gasteiger partial charge in [-0.25, -0.2) is 13.4 Å². The van der Waals surface area contributed by atoms with E-state index in [-0.39, 0.29) is 11.5 Å². The fourth-order valence-corrected chi connectivity index (χ4v) is 2.31. The molecule has 4 nitrogen and oxygen atoms in total. The van der Waals surface area contributed by atoms with Gasteiger partial charge in [0.15, 0.2) is 0 Å². The van der Waals surface area contributed by atoms with E-state index in [4.69, 9.17) is 0 Å². The second-order valence-electron chi connectivity index (χ2n) is 3.48. The molecule has 0 atom stereocenters. The monoisotopic (exact) mass is 230 g/mol. The maximum Gasteiger partial charge on any atom is 0.150 e. The van der Waals surface area contributed by atoms with Crippen LogP contribution in [0.4, 0.5) is 0 Å². The molecule has 0 aliphatic heterocycles. The summed E-state index contributed by atoms with van der Waals surface area (Å²) < 4.78 is 24.5. The average Bonchev–Trinajstić information content (AvgIpc) is 2.65. The van der Waals surface area contributed by atoms with Crippen molar-refractivity contribution < 1.29 is 8.42 Å². The fourth-order valence-electron chi connectivity index (χ4n) is 1.46. The number of imidazole rings is 1. The highest BCUT2D eigenvalue weighted by molar-refractivity contribution is 7.91.